The molecule has 106 valence electrons. The van der Waals surface area contributed by atoms with Gasteiger partial charge in [-0.25, -0.2) is 4.98 Å². The first-order chi connectivity index (χ1) is 9.61. The molecule has 1 atom stereocenters. The van der Waals surface area contributed by atoms with Crippen LogP contribution < -0.4 is 5.73 Å². The van der Waals surface area contributed by atoms with E-state index in [9.17, 15) is 4.79 Å². The van der Waals surface area contributed by atoms with E-state index >= 15 is 0 Å². The smallest absolute Gasteiger partial charge is 0.266 e. The van der Waals surface area contributed by atoms with Crippen molar-refractivity contribution in [3.8, 4) is 0 Å². The summed E-state index contributed by atoms with van der Waals surface area (Å²) in [5.74, 6) is 0.0764. The van der Waals surface area contributed by atoms with Crippen LogP contribution in [0.25, 0.3) is 10.2 Å². The van der Waals surface area contributed by atoms with Gasteiger partial charge in [0.1, 0.15) is 9.71 Å². The van der Waals surface area contributed by atoms with E-state index in [0.717, 1.165) is 41.7 Å². The number of carbonyl (C=O) groups excluding carboxylic acids is 1. The molecule has 1 aliphatic rings. The van der Waals surface area contributed by atoms with Crippen LogP contribution in [-0.2, 0) is 0 Å². The minimum atomic E-state index is 0.0764. The van der Waals surface area contributed by atoms with E-state index in [-0.39, 0.29) is 5.91 Å². The molecule has 20 heavy (non-hydrogen) atoms. The first-order valence-electron chi connectivity index (χ1n) is 7.08. The van der Waals surface area contributed by atoms with Crippen LogP contribution in [0.3, 0.4) is 0 Å². The first-order valence-corrected chi connectivity index (χ1v) is 7.90. The molecule has 3 rings (SSSR count). The maximum atomic E-state index is 12.7. The first kappa shape index (κ1) is 13.4. The van der Waals surface area contributed by atoms with Crippen molar-refractivity contribution in [2.45, 2.75) is 39.2 Å². The second kappa shape index (κ2) is 5.05. The predicted molar refractivity (Wildman–Crippen MR) is 83.1 cm³/mol. The minimum absolute atomic E-state index is 0.0764. The van der Waals surface area contributed by atoms with Crippen molar-refractivity contribution >= 4 is 33.1 Å². The van der Waals surface area contributed by atoms with E-state index in [0.29, 0.717) is 16.6 Å². The van der Waals surface area contributed by atoms with Gasteiger partial charge in [0.2, 0.25) is 0 Å². The summed E-state index contributed by atoms with van der Waals surface area (Å²) in [6.45, 7) is 4.93. The van der Waals surface area contributed by atoms with E-state index in [2.05, 4.69) is 11.9 Å². The Hall–Kier alpha value is -1.62. The molecule has 1 saturated heterocycles. The summed E-state index contributed by atoms with van der Waals surface area (Å²) in [6.07, 6.45) is 3.20. The summed E-state index contributed by atoms with van der Waals surface area (Å²) in [7, 11) is 0. The molecule has 0 saturated carbocycles. The highest BCUT2D eigenvalue weighted by molar-refractivity contribution is 7.21. The zero-order chi connectivity index (χ0) is 14.3. The highest BCUT2D eigenvalue weighted by Crippen LogP contribution is 2.35. The van der Waals surface area contributed by atoms with Gasteiger partial charge in [0.15, 0.2) is 0 Å². The van der Waals surface area contributed by atoms with Gasteiger partial charge in [-0.1, -0.05) is 6.92 Å². The Labute approximate surface area is 122 Å². The standard InChI is InChI=1S/C15H19N3OS/c1-3-10-5-4-8-18(10)15(19)13-12(16)11-7-6-9(2)17-14(11)20-13/h6-7,10H,3-5,8,16H2,1-2H3. The van der Waals surface area contributed by atoms with E-state index < -0.39 is 0 Å². The van der Waals surface area contributed by atoms with E-state index in [1.54, 1.807) is 0 Å². The van der Waals surface area contributed by atoms with Gasteiger partial charge in [0.05, 0.1) is 5.69 Å². The number of aromatic nitrogens is 1. The molecule has 0 radical (unpaired) electrons. The number of fused-ring (bicyclic) bond motifs is 1. The lowest BCUT2D eigenvalue weighted by Gasteiger charge is -2.23. The van der Waals surface area contributed by atoms with Gasteiger partial charge in [0, 0.05) is 23.7 Å². The molecule has 0 aromatic carbocycles. The fourth-order valence-electron chi connectivity index (χ4n) is 2.91. The average Bonchev–Trinajstić information content (AvgIpc) is 3.02. The third-order valence-electron chi connectivity index (χ3n) is 4.04. The predicted octanol–water partition coefficient (Wildman–Crippen LogP) is 3.20. The second-order valence-electron chi connectivity index (χ2n) is 5.35. The highest BCUT2D eigenvalue weighted by Gasteiger charge is 2.30. The summed E-state index contributed by atoms with van der Waals surface area (Å²) in [5, 5.41) is 0.899. The number of hydrogen-bond acceptors (Lipinski definition) is 4. The summed E-state index contributed by atoms with van der Waals surface area (Å²) >= 11 is 1.42. The third kappa shape index (κ3) is 2.06. The molecule has 0 bridgehead atoms. The molecule has 1 aliphatic heterocycles. The Morgan fingerprint density at radius 3 is 3.10 bits per heavy atom. The fraction of sp³-hybridized carbons (Fsp3) is 0.467. The Balaban J connectivity index is 2.01. The minimum Gasteiger partial charge on any atom is -0.397 e. The van der Waals surface area contributed by atoms with Crippen molar-refractivity contribution in [3.05, 3.63) is 22.7 Å². The van der Waals surface area contributed by atoms with Crippen molar-refractivity contribution in [2.24, 2.45) is 0 Å². The van der Waals surface area contributed by atoms with Gasteiger partial charge >= 0.3 is 0 Å². The molecule has 4 nitrogen and oxygen atoms in total. The second-order valence-corrected chi connectivity index (χ2v) is 6.35. The maximum Gasteiger partial charge on any atom is 0.266 e. The number of nitrogen functional groups attached to an aromatic ring is 1. The van der Waals surface area contributed by atoms with Gasteiger partial charge in [-0.15, -0.1) is 11.3 Å². The Morgan fingerprint density at radius 1 is 1.55 bits per heavy atom. The van der Waals surface area contributed by atoms with E-state index in [1.807, 2.05) is 24.0 Å². The number of anilines is 1. The highest BCUT2D eigenvalue weighted by atomic mass is 32.1. The van der Waals surface area contributed by atoms with Crippen LogP contribution in [0.1, 0.15) is 41.6 Å². The van der Waals surface area contributed by atoms with Crippen LogP contribution in [-0.4, -0.2) is 28.4 Å². The number of hydrogen-bond donors (Lipinski definition) is 1. The SMILES string of the molecule is CCC1CCCN1C(=O)c1sc2nc(C)ccc2c1N. The molecular weight excluding hydrogens is 270 g/mol. The normalized spacial score (nSPS) is 18.9. The van der Waals surface area contributed by atoms with Crippen LogP contribution in [0.2, 0.25) is 0 Å². The third-order valence-corrected chi connectivity index (χ3v) is 5.14. The molecule has 1 fully saturated rings. The maximum absolute atomic E-state index is 12.7. The molecule has 0 aliphatic carbocycles. The summed E-state index contributed by atoms with van der Waals surface area (Å²) in [4.78, 5) is 20.7. The number of aryl methyl sites for hydroxylation is 1. The monoisotopic (exact) mass is 289 g/mol. The Morgan fingerprint density at radius 2 is 2.35 bits per heavy atom. The fourth-order valence-corrected chi connectivity index (χ4v) is 4.00. The largest absolute Gasteiger partial charge is 0.397 e. The lowest BCUT2D eigenvalue weighted by atomic mass is 10.1. The molecule has 1 unspecified atom stereocenters. The quantitative estimate of drug-likeness (QED) is 0.923. The molecule has 3 heterocycles. The molecule has 2 aromatic heterocycles. The van der Waals surface area contributed by atoms with Crippen molar-refractivity contribution < 1.29 is 4.79 Å². The van der Waals surface area contributed by atoms with E-state index in [1.165, 1.54) is 11.3 Å². The van der Waals surface area contributed by atoms with Gasteiger partial charge in [0.25, 0.3) is 5.91 Å². The molecule has 2 N–H and O–H groups in total. The molecular formula is C15H19N3OS. The van der Waals surface area contributed by atoms with Gasteiger partial charge in [-0.05, 0) is 38.3 Å². The molecule has 0 spiro atoms. The Kier molecular flexibility index (Phi) is 3.38. The van der Waals surface area contributed by atoms with Crippen molar-refractivity contribution in [3.63, 3.8) is 0 Å². The average molecular weight is 289 g/mol. The lowest BCUT2D eigenvalue weighted by molar-refractivity contribution is 0.0739. The van der Waals surface area contributed by atoms with Gasteiger partial charge in [-0.3, -0.25) is 4.79 Å². The summed E-state index contributed by atoms with van der Waals surface area (Å²) < 4.78 is 0. The van der Waals surface area contributed by atoms with Gasteiger partial charge < -0.3 is 10.6 Å². The number of nitrogens with zero attached hydrogens (tertiary/aromatic N) is 2. The Bertz CT molecular complexity index is 664. The zero-order valence-corrected chi connectivity index (χ0v) is 12.7. The molecule has 2 aromatic rings. The van der Waals surface area contributed by atoms with E-state index in [4.69, 9.17) is 5.73 Å². The van der Waals surface area contributed by atoms with Crippen LogP contribution in [0, 0.1) is 6.92 Å². The van der Waals surface area contributed by atoms with Crippen molar-refractivity contribution in [1.29, 1.82) is 0 Å². The van der Waals surface area contributed by atoms with Crippen molar-refractivity contribution in [2.75, 3.05) is 12.3 Å². The summed E-state index contributed by atoms with van der Waals surface area (Å²) in [5.41, 5.74) is 7.70. The number of rotatable bonds is 2. The lowest BCUT2D eigenvalue weighted by Crippen LogP contribution is -2.34. The van der Waals surface area contributed by atoms with Gasteiger partial charge in [-0.2, -0.15) is 0 Å². The number of pyridine rings is 1. The van der Waals surface area contributed by atoms with Crippen molar-refractivity contribution in [1.82, 2.24) is 9.88 Å². The molecule has 1 amide bonds. The number of nitrogens with two attached hydrogens (primary N) is 1. The number of amides is 1. The number of thiophene rings is 1. The summed E-state index contributed by atoms with van der Waals surface area (Å²) in [6, 6.07) is 4.26. The molecule has 5 heteroatoms. The number of carbonyl (C=O) groups is 1. The van der Waals surface area contributed by atoms with Crippen LogP contribution in [0.5, 0.6) is 0 Å². The van der Waals surface area contributed by atoms with Crippen LogP contribution >= 0.6 is 11.3 Å². The number of likely N-dealkylation sites (tertiary alicyclic amines) is 1. The van der Waals surface area contributed by atoms with Crippen LogP contribution in [0.15, 0.2) is 12.1 Å². The zero-order valence-electron chi connectivity index (χ0n) is 11.8. The topological polar surface area (TPSA) is 59.2 Å². The van der Waals surface area contributed by atoms with Crippen LogP contribution in [0.4, 0.5) is 5.69 Å².